The molecule has 2 aromatic heterocycles. The van der Waals surface area contributed by atoms with Crippen molar-refractivity contribution in [2.45, 2.75) is 33.6 Å². The number of amides is 1. The van der Waals surface area contributed by atoms with E-state index in [-0.39, 0.29) is 5.91 Å². The number of carbonyl (C=O) groups excluding carboxylic acids is 1. The summed E-state index contributed by atoms with van der Waals surface area (Å²) in [5.41, 5.74) is 2.88. The first-order valence-corrected chi connectivity index (χ1v) is 10.6. The maximum Gasteiger partial charge on any atom is 0.227 e. The molecule has 4 rings (SSSR count). The van der Waals surface area contributed by atoms with Crippen molar-refractivity contribution in [2.24, 2.45) is 0 Å². The Morgan fingerprint density at radius 2 is 1.73 bits per heavy atom. The molecule has 0 aliphatic carbocycles. The highest BCUT2D eigenvalue weighted by molar-refractivity contribution is 5.76. The second kappa shape index (κ2) is 8.99. The molecule has 0 radical (unpaired) electrons. The summed E-state index contributed by atoms with van der Waals surface area (Å²) in [7, 11) is 0. The lowest BCUT2D eigenvalue weighted by molar-refractivity contribution is -0.131. The lowest BCUT2D eigenvalue weighted by Crippen LogP contribution is -2.49. The molecule has 30 heavy (non-hydrogen) atoms. The van der Waals surface area contributed by atoms with Crippen molar-refractivity contribution in [2.75, 3.05) is 62.3 Å². The van der Waals surface area contributed by atoms with Gasteiger partial charge in [-0.15, -0.1) is 0 Å². The molecular weight excluding hydrogens is 384 g/mol. The van der Waals surface area contributed by atoms with E-state index in [9.17, 15) is 4.79 Å². The summed E-state index contributed by atoms with van der Waals surface area (Å²) in [5, 5.41) is 3.97. The van der Waals surface area contributed by atoms with E-state index in [0.717, 1.165) is 60.7 Å². The quantitative estimate of drug-likeness (QED) is 0.728. The fourth-order valence-electron chi connectivity index (χ4n) is 4.04. The van der Waals surface area contributed by atoms with Crippen LogP contribution in [0.2, 0.25) is 0 Å². The van der Waals surface area contributed by atoms with Crippen molar-refractivity contribution >= 4 is 17.7 Å². The van der Waals surface area contributed by atoms with Gasteiger partial charge in [-0.2, -0.15) is 4.98 Å². The van der Waals surface area contributed by atoms with Crippen LogP contribution in [0.1, 0.15) is 29.1 Å². The molecule has 162 valence electrons. The van der Waals surface area contributed by atoms with Crippen LogP contribution < -0.4 is 9.80 Å². The average molecular weight is 415 g/mol. The summed E-state index contributed by atoms with van der Waals surface area (Å²) in [6.45, 7) is 11.8. The second-order valence-electron chi connectivity index (χ2n) is 7.94. The monoisotopic (exact) mass is 414 g/mol. The van der Waals surface area contributed by atoms with Crippen LogP contribution in [0.4, 0.5) is 11.8 Å². The van der Waals surface area contributed by atoms with Crippen molar-refractivity contribution in [3.8, 4) is 0 Å². The Hall–Kier alpha value is -2.68. The number of ether oxygens (including phenoxy) is 1. The third-order valence-electron chi connectivity index (χ3n) is 5.85. The highest BCUT2D eigenvalue weighted by Crippen LogP contribution is 2.20. The van der Waals surface area contributed by atoms with E-state index in [1.807, 2.05) is 31.7 Å². The largest absolute Gasteiger partial charge is 0.378 e. The lowest BCUT2D eigenvalue weighted by Gasteiger charge is -2.36. The molecule has 4 heterocycles. The maximum atomic E-state index is 12.7. The SMILES string of the molecule is Cc1cc(N2CCN(C(=O)CCc3c(C)noc3C)CC2)nc(N2CCOCC2)n1. The lowest BCUT2D eigenvalue weighted by atomic mass is 10.1. The summed E-state index contributed by atoms with van der Waals surface area (Å²) < 4.78 is 10.6. The molecule has 9 nitrogen and oxygen atoms in total. The first kappa shape index (κ1) is 20.6. The van der Waals surface area contributed by atoms with Crippen LogP contribution in [0.25, 0.3) is 0 Å². The fraction of sp³-hybridized carbons (Fsp3) is 0.619. The molecule has 0 bridgehead atoms. The zero-order valence-corrected chi connectivity index (χ0v) is 18.1. The molecule has 0 aromatic carbocycles. The van der Waals surface area contributed by atoms with Crippen LogP contribution >= 0.6 is 0 Å². The molecule has 2 fully saturated rings. The number of morpholine rings is 1. The Balaban J connectivity index is 1.34. The Kier molecular flexibility index (Phi) is 6.17. The van der Waals surface area contributed by atoms with E-state index in [1.54, 1.807) is 0 Å². The third kappa shape index (κ3) is 4.56. The smallest absolute Gasteiger partial charge is 0.227 e. The molecule has 1 amide bonds. The standard InChI is InChI=1S/C21H30N6O3/c1-15-14-19(23-21(22-15)27-10-12-29-13-11-27)25-6-8-26(9-7-25)20(28)5-4-18-16(2)24-30-17(18)3/h14H,4-13H2,1-3H3. The van der Waals surface area contributed by atoms with Gasteiger partial charge in [0.25, 0.3) is 0 Å². The average Bonchev–Trinajstić information content (AvgIpc) is 3.09. The second-order valence-corrected chi connectivity index (χ2v) is 7.94. The molecule has 0 N–H and O–H groups in total. The molecular formula is C21H30N6O3. The Labute approximate surface area is 177 Å². The van der Waals surface area contributed by atoms with E-state index in [0.29, 0.717) is 39.1 Å². The Morgan fingerprint density at radius 1 is 1.00 bits per heavy atom. The van der Waals surface area contributed by atoms with Crippen molar-refractivity contribution in [3.05, 3.63) is 28.8 Å². The van der Waals surface area contributed by atoms with Gasteiger partial charge in [0.2, 0.25) is 11.9 Å². The molecule has 2 aliphatic rings. The van der Waals surface area contributed by atoms with Gasteiger partial charge in [0.05, 0.1) is 18.9 Å². The Bertz CT molecular complexity index is 865. The van der Waals surface area contributed by atoms with Crippen molar-refractivity contribution < 1.29 is 14.1 Å². The topological polar surface area (TPSA) is 87.8 Å². The zero-order chi connectivity index (χ0) is 21.1. The van der Waals surface area contributed by atoms with Gasteiger partial charge in [-0.05, 0) is 27.2 Å². The van der Waals surface area contributed by atoms with Crippen molar-refractivity contribution in [1.29, 1.82) is 0 Å². The number of hydrogen-bond acceptors (Lipinski definition) is 8. The van der Waals surface area contributed by atoms with E-state index in [2.05, 4.69) is 19.9 Å². The first-order valence-electron chi connectivity index (χ1n) is 10.6. The summed E-state index contributed by atoms with van der Waals surface area (Å²) in [4.78, 5) is 28.5. The third-order valence-corrected chi connectivity index (χ3v) is 5.85. The highest BCUT2D eigenvalue weighted by Gasteiger charge is 2.24. The number of carbonyl (C=O) groups is 1. The highest BCUT2D eigenvalue weighted by atomic mass is 16.5. The molecule has 0 unspecified atom stereocenters. The van der Waals surface area contributed by atoms with Crippen LogP contribution in [0.3, 0.4) is 0 Å². The molecule has 2 aliphatic heterocycles. The van der Waals surface area contributed by atoms with E-state index < -0.39 is 0 Å². The zero-order valence-electron chi connectivity index (χ0n) is 18.1. The van der Waals surface area contributed by atoms with Crippen molar-refractivity contribution in [3.63, 3.8) is 0 Å². The van der Waals surface area contributed by atoms with Gasteiger partial charge >= 0.3 is 0 Å². The number of nitrogens with zero attached hydrogens (tertiary/aromatic N) is 6. The predicted molar refractivity (Wildman–Crippen MR) is 113 cm³/mol. The predicted octanol–water partition coefficient (Wildman–Crippen LogP) is 1.51. The fourth-order valence-corrected chi connectivity index (χ4v) is 4.04. The summed E-state index contributed by atoms with van der Waals surface area (Å²) >= 11 is 0. The van der Waals surface area contributed by atoms with Gasteiger partial charge in [0.1, 0.15) is 11.6 Å². The number of anilines is 2. The molecule has 0 atom stereocenters. The minimum atomic E-state index is 0.183. The van der Waals surface area contributed by atoms with E-state index in [1.165, 1.54) is 0 Å². The van der Waals surface area contributed by atoms with Gasteiger partial charge in [0, 0.05) is 63.0 Å². The first-order chi connectivity index (χ1) is 14.5. The summed E-state index contributed by atoms with van der Waals surface area (Å²) in [5.74, 6) is 2.70. The number of aromatic nitrogens is 3. The van der Waals surface area contributed by atoms with Crippen LogP contribution in [0.15, 0.2) is 10.6 Å². The number of rotatable bonds is 5. The molecule has 9 heteroatoms. The maximum absolute atomic E-state index is 12.7. The normalized spacial score (nSPS) is 17.5. The summed E-state index contributed by atoms with van der Waals surface area (Å²) in [6, 6.07) is 2.03. The van der Waals surface area contributed by atoms with Crippen LogP contribution in [-0.2, 0) is 16.0 Å². The van der Waals surface area contributed by atoms with E-state index >= 15 is 0 Å². The van der Waals surface area contributed by atoms with Crippen LogP contribution in [-0.4, -0.2) is 78.4 Å². The minimum Gasteiger partial charge on any atom is -0.378 e. The van der Waals surface area contributed by atoms with Crippen LogP contribution in [0.5, 0.6) is 0 Å². The number of piperazine rings is 1. The summed E-state index contributed by atoms with van der Waals surface area (Å²) in [6.07, 6.45) is 1.16. The Morgan fingerprint density at radius 3 is 2.40 bits per heavy atom. The minimum absolute atomic E-state index is 0.183. The van der Waals surface area contributed by atoms with E-state index in [4.69, 9.17) is 14.2 Å². The number of aryl methyl sites for hydroxylation is 3. The van der Waals surface area contributed by atoms with Crippen LogP contribution in [0, 0.1) is 20.8 Å². The number of hydrogen-bond donors (Lipinski definition) is 0. The van der Waals surface area contributed by atoms with Gasteiger partial charge in [-0.1, -0.05) is 5.16 Å². The van der Waals surface area contributed by atoms with Gasteiger partial charge in [-0.25, -0.2) is 4.98 Å². The molecule has 0 spiro atoms. The molecule has 2 aromatic rings. The van der Waals surface area contributed by atoms with Gasteiger partial charge in [-0.3, -0.25) is 4.79 Å². The van der Waals surface area contributed by atoms with Crippen molar-refractivity contribution in [1.82, 2.24) is 20.0 Å². The molecule has 0 saturated carbocycles. The molecule has 2 saturated heterocycles. The van der Waals surface area contributed by atoms with Gasteiger partial charge < -0.3 is 24.0 Å². The van der Waals surface area contributed by atoms with Gasteiger partial charge in [0.15, 0.2) is 0 Å².